The van der Waals surface area contributed by atoms with Crippen molar-refractivity contribution >= 4 is 11.4 Å². The van der Waals surface area contributed by atoms with Crippen LogP contribution in [0.15, 0.2) is 10.2 Å². The Morgan fingerprint density at radius 3 is 1.00 bits per heavy atom. The van der Waals surface area contributed by atoms with Crippen molar-refractivity contribution < 1.29 is 52.7 Å². The predicted molar refractivity (Wildman–Crippen MR) is 41.8 cm³/mol. The van der Waals surface area contributed by atoms with Gasteiger partial charge in [0.05, 0.1) is 0 Å². The zero-order valence-electron chi connectivity index (χ0n) is 8.93. The van der Waals surface area contributed by atoms with Crippen molar-refractivity contribution in [1.82, 2.24) is 0 Å². The van der Waals surface area contributed by atoms with Crippen LogP contribution in [0.2, 0.25) is 0 Å². The summed E-state index contributed by atoms with van der Waals surface area (Å²) in [7, 11) is 0. The van der Waals surface area contributed by atoms with Crippen molar-refractivity contribution in [3.8, 4) is 0 Å². The number of halogens is 12. The first-order valence-corrected chi connectivity index (χ1v) is 4.42. The number of nitrogens with zero attached hydrogens (tertiary/aromatic N) is 2. The summed E-state index contributed by atoms with van der Waals surface area (Å²) < 4.78 is 150. The maximum Gasteiger partial charge on any atom is 0.437 e. The van der Waals surface area contributed by atoms with Gasteiger partial charge in [0.1, 0.15) is 0 Å². The standard InChI is InChI=1S/C7F12N2/c8-3(9)1(5(12,13)14)20-21-2(6(15,16)17)4(10,11)7(3,18)19. The molecule has 1 rings (SSSR count). The van der Waals surface area contributed by atoms with E-state index in [1.54, 1.807) is 0 Å². The van der Waals surface area contributed by atoms with Crippen LogP contribution in [0, 0.1) is 0 Å². The van der Waals surface area contributed by atoms with Crippen molar-refractivity contribution in [3.05, 3.63) is 0 Å². The Hall–Kier alpha value is -1.50. The summed E-state index contributed by atoms with van der Waals surface area (Å²) in [5, 5.41) is 2.47. The third-order valence-electron chi connectivity index (χ3n) is 2.17. The van der Waals surface area contributed by atoms with Gasteiger partial charge in [0.15, 0.2) is 0 Å². The van der Waals surface area contributed by atoms with E-state index in [0.29, 0.717) is 0 Å². The summed E-state index contributed by atoms with van der Waals surface area (Å²) in [4.78, 5) is 0. The lowest BCUT2D eigenvalue weighted by atomic mass is 9.96. The Kier molecular flexibility index (Phi) is 3.55. The van der Waals surface area contributed by atoms with E-state index in [1.165, 1.54) is 10.2 Å². The van der Waals surface area contributed by atoms with Gasteiger partial charge in [-0.1, -0.05) is 0 Å². The molecule has 14 heteroatoms. The van der Waals surface area contributed by atoms with Gasteiger partial charge in [-0.2, -0.15) is 52.7 Å². The highest BCUT2D eigenvalue weighted by molar-refractivity contribution is 6.03. The van der Waals surface area contributed by atoms with Gasteiger partial charge in [-0.15, -0.1) is 10.2 Å². The van der Waals surface area contributed by atoms with Crippen LogP contribution in [0.25, 0.3) is 0 Å². The molecule has 0 saturated heterocycles. The van der Waals surface area contributed by atoms with Crippen molar-refractivity contribution in [2.75, 3.05) is 0 Å². The molecule has 0 aromatic rings. The van der Waals surface area contributed by atoms with Gasteiger partial charge in [0.2, 0.25) is 11.4 Å². The smallest absolute Gasteiger partial charge is 0.192 e. The van der Waals surface area contributed by atoms with E-state index in [9.17, 15) is 52.7 Å². The summed E-state index contributed by atoms with van der Waals surface area (Å²) >= 11 is 0. The van der Waals surface area contributed by atoms with Crippen molar-refractivity contribution in [3.63, 3.8) is 0 Å². The molecular weight excluding hydrogens is 340 g/mol. The molecule has 0 fully saturated rings. The molecule has 1 aliphatic heterocycles. The predicted octanol–water partition coefficient (Wildman–Crippen LogP) is 3.83. The largest absolute Gasteiger partial charge is 0.437 e. The van der Waals surface area contributed by atoms with E-state index in [4.69, 9.17) is 0 Å². The lowest BCUT2D eigenvalue weighted by molar-refractivity contribution is -0.267. The van der Waals surface area contributed by atoms with E-state index >= 15 is 0 Å². The fourth-order valence-electron chi connectivity index (χ4n) is 1.19. The van der Waals surface area contributed by atoms with Crippen molar-refractivity contribution in [2.24, 2.45) is 10.2 Å². The Labute approximate surface area is 106 Å². The maximum absolute atomic E-state index is 12.9. The number of hydrogen-bond acceptors (Lipinski definition) is 2. The average molecular weight is 340 g/mol. The van der Waals surface area contributed by atoms with E-state index in [-0.39, 0.29) is 0 Å². The van der Waals surface area contributed by atoms with Gasteiger partial charge in [-0.05, 0) is 0 Å². The van der Waals surface area contributed by atoms with Crippen LogP contribution in [-0.4, -0.2) is 41.5 Å². The van der Waals surface area contributed by atoms with E-state index in [2.05, 4.69) is 0 Å². The quantitative estimate of drug-likeness (QED) is 0.599. The molecule has 0 aliphatic carbocycles. The summed E-state index contributed by atoms with van der Waals surface area (Å²) in [6, 6.07) is 0. The van der Waals surface area contributed by atoms with Crippen LogP contribution in [0.4, 0.5) is 52.7 Å². The highest BCUT2D eigenvalue weighted by Gasteiger charge is 2.81. The molecule has 2 nitrogen and oxygen atoms in total. The molecule has 0 aromatic carbocycles. The minimum atomic E-state index is -7.06. The minimum absolute atomic E-state index is 1.24. The van der Waals surface area contributed by atoms with Crippen LogP contribution in [-0.2, 0) is 0 Å². The highest BCUT2D eigenvalue weighted by atomic mass is 19.4. The Morgan fingerprint density at radius 1 is 0.571 bits per heavy atom. The van der Waals surface area contributed by atoms with Crippen LogP contribution >= 0.6 is 0 Å². The van der Waals surface area contributed by atoms with Gasteiger partial charge in [-0.25, -0.2) is 0 Å². The molecule has 122 valence electrons. The van der Waals surface area contributed by atoms with Gasteiger partial charge in [0.25, 0.3) is 0 Å². The number of alkyl halides is 12. The van der Waals surface area contributed by atoms with Gasteiger partial charge in [0, 0.05) is 0 Å². The minimum Gasteiger partial charge on any atom is -0.192 e. The lowest BCUT2D eigenvalue weighted by Crippen LogP contribution is -2.63. The molecule has 0 radical (unpaired) electrons. The molecule has 21 heavy (non-hydrogen) atoms. The second-order valence-corrected chi connectivity index (χ2v) is 3.62. The van der Waals surface area contributed by atoms with E-state index < -0.39 is 41.5 Å². The Morgan fingerprint density at radius 2 is 0.810 bits per heavy atom. The number of hydrogen-bond donors (Lipinski definition) is 0. The zero-order valence-corrected chi connectivity index (χ0v) is 8.93. The SMILES string of the molecule is FC(F)(F)C1=NN=C(C(F)(F)F)C(F)(F)C(F)(F)C1(F)F. The first kappa shape index (κ1) is 17.6. The van der Waals surface area contributed by atoms with Gasteiger partial charge < -0.3 is 0 Å². The van der Waals surface area contributed by atoms with E-state index in [1.807, 2.05) is 0 Å². The summed E-state index contributed by atoms with van der Waals surface area (Å²) in [5.41, 5.74) is -7.72. The molecule has 0 N–H and O–H groups in total. The van der Waals surface area contributed by atoms with Crippen LogP contribution in [0.3, 0.4) is 0 Å². The highest BCUT2D eigenvalue weighted by Crippen LogP contribution is 2.52. The van der Waals surface area contributed by atoms with Gasteiger partial charge in [-0.3, -0.25) is 0 Å². The summed E-state index contributed by atoms with van der Waals surface area (Å²) in [5.74, 6) is -20.5. The molecule has 0 bridgehead atoms. The second kappa shape index (κ2) is 4.25. The topological polar surface area (TPSA) is 24.7 Å². The molecule has 0 unspecified atom stereocenters. The first-order valence-electron chi connectivity index (χ1n) is 4.42. The molecule has 1 aliphatic rings. The van der Waals surface area contributed by atoms with Gasteiger partial charge >= 0.3 is 30.1 Å². The number of rotatable bonds is 0. The summed E-state index contributed by atoms with van der Waals surface area (Å²) in [6.07, 6.45) is -12.8. The van der Waals surface area contributed by atoms with Crippen molar-refractivity contribution in [2.45, 2.75) is 30.1 Å². The monoisotopic (exact) mass is 340 g/mol. The fraction of sp³-hybridized carbons (Fsp3) is 0.714. The van der Waals surface area contributed by atoms with Crippen LogP contribution < -0.4 is 0 Å². The average Bonchev–Trinajstić information content (AvgIpc) is 2.23. The molecule has 0 saturated carbocycles. The lowest BCUT2D eigenvalue weighted by Gasteiger charge is -2.32. The second-order valence-electron chi connectivity index (χ2n) is 3.62. The third kappa shape index (κ3) is 2.43. The molecule has 0 atom stereocenters. The fourth-order valence-corrected chi connectivity index (χ4v) is 1.19. The third-order valence-corrected chi connectivity index (χ3v) is 2.17. The Bertz CT molecular complexity index is 449. The van der Waals surface area contributed by atoms with Crippen LogP contribution in [0.5, 0.6) is 0 Å². The Balaban J connectivity index is 3.72. The summed E-state index contributed by atoms with van der Waals surface area (Å²) in [6.45, 7) is 0. The molecule has 0 aromatic heterocycles. The molecule has 0 amide bonds. The maximum atomic E-state index is 12.9. The first-order chi connectivity index (χ1) is 8.97. The molecule has 1 heterocycles. The van der Waals surface area contributed by atoms with Crippen molar-refractivity contribution in [1.29, 1.82) is 0 Å². The molecular formula is C7F12N2. The van der Waals surface area contributed by atoms with E-state index in [0.717, 1.165) is 0 Å². The molecule has 0 spiro atoms. The zero-order chi connectivity index (χ0) is 17.1. The normalized spacial score (nSPS) is 25.0. The van der Waals surface area contributed by atoms with Crippen LogP contribution in [0.1, 0.15) is 0 Å².